The van der Waals surface area contributed by atoms with Gasteiger partial charge in [0.1, 0.15) is 0 Å². The number of nitrogens with zero attached hydrogens (tertiary/aromatic N) is 2. The summed E-state index contributed by atoms with van der Waals surface area (Å²) in [5.74, 6) is 1.19. The molecule has 3 nitrogen and oxygen atoms in total. The lowest BCUT2D eigenvalue weighted by Crippen LogP contribution is -2.40. The van der Waals surface area contributed by atoms with Gasteiger partial charge in [0.2, 0.25) is 0 Å². The van der Waals surface area contributed by atoms with E-state index in [0.717, 1.165) is 15.9 Å². The van der Waals surface area contributed by atoms with Crippen molar-refractivity contribution in [3.63, 3.8) is 0 Å². The number of thioether (sulfide) groups is 1. The molecule has 1 aliphatic carbocycles. The van der Waals surface area contributed by atoms with Crippen molar-refractivity contribution in [3.8, 4) is 0 Å². The van der Waals surface area contributed by atoms with Gasteiger partial charge in [-0.05, 0) is 33.6 Å². The van der Waals surface area contributed by atoms with Crippen LogP contribution in [0.5, 0.6) is 0 Å². The first-order valence-corrected chi connectivity index (χ1v) is 8.81. The van der Waals surface area contributed by atoms with Crippen molar-refractivity contribution < 1.29 is 0 Å². The molecule has 19 heavy (non-hydrogen) atoms. The van der Waals surface area contributed by atoms with Crippen LogP contribution in [0.4, 0.5) is 0 Å². The molecule has 1 unspecified atom stereocenters. The van der Waals surface area contributed by atoms with E-state index in [1.54, 1.807) is 11.3 Å². The van der Waals surface area contributed by atoms with E-state index >= 15 is 0 Å². The summed E-state index contributed by atoms with van der Waals surface area (Å²) >= 11 is 3.67. The molecule has 0 amide bonds. The number of aliphatic imine (C=N–C) groups is 1. The number of thiazole rings is 1. The number of aryl methyl sites for hydroxylation is 2. The molecule has 1 N–H and O–H groups in total. The van der Waals surface area contributed by atoms with Gasteiger partial charge in [-0.1, -0.05) is 24.6 Å². The zero-order chi connectivity index (χ0) is 13.5. The first-order chi connectivity index (χ1) is 9.08. The summed E-state index contributed by atoms with van der Waals surface area (Å²) in [7, 11) is 0. The molecule has 1 saturated carbocycles. The second kappa shape index (κ2) is 5.09. The molecule has 2 fully saturated rings. The third-order valence-corrected chi connectivity index (χ3v) is 6.47. The van der Waals surface area contributed by atoms with Crippen LogP contribution in [0.1, 0.15) is 54.2 Å². The Kier molecular flexibility index (Phi) is 3.60. The van der Waals surface area contributed by atoms with Crippen LogP contribution in [0.3, 0.4) is 0 Å². The second-order valence-electron chi connectivity index (χ2n) is 5.69. The van der Waals surface area contributed by atoms with Gasteiger partial charge < -0.3 is 5.32 Å². The van der Waals surface area contributed by atoms with E-state index in [0.29, 0.717) is 5.54 Å². The number of nitrogens with one attached hydrogen (secondary N) is 1. The highest BCUT2D eigenvalue weighted by Crippen LogP contribution is 2.38. The molecule has 5 heteroatoms. The topological polar surface area (TPSA) is 37.3 Å². The number of rotatable bonds is 2. The molecule has 0 radical (unpaired) electrons. The molecule has 104 valence electrons. The molecule has 1 aliphatic heterocycles. The number of amidine groups is 1. The maximum atomic E-state index is 4.88. The first-order valence-electron chi connectivity index (χ1n) is 7.01. The first kappa shape index (κ1) is 13.4. The molecule has 2 aliphatic rings. The standard InChI is InChI=1S/C14H21N3S2/c1-9-12(19-11(3)15-9)10(2)16-13-17-14(8-18-13)6-4-5-7-14/h10H,4-8H2,1-3H3,(H,16,17). The fourth-order valence-electron chi connectivity index (χ4n) is 3.07. The highest BCUT2D eigenvalue weighted by atomic mass is 32.2. The highest BCUT2D eigenvalue weighted by Gasteiger charge is 2.39. The van der Waals surface area contributed by atoms with E-state index in [4.69, 9.17) is 4.99 Å². The SMILES string of the molecule is Cc1nc(C)c(C(C)N=C2NC3(CCCC3)CS2)s1. The fraction of sp³-hybridized carbons (Fsp3) is 0.714. The number of aromatic nitrogens is 1. The van der Waals surface area contributed by atoms with Crippen LogP contribution in [-0.4, -0.2) is 21.4 Å². The van der Waals surface area contributed by atoms with Gasteiger partial charge in [-0.2, -0.15) is 0 Å². The van der Waals surface area contributed by atoms with Crippen LogP contribution in [0.25, 0.3) is 0 Å². The smallest absolute Gasteiger partial charge is 0.157 e. The van der Waals surface area contributed by atoms with E-state index in [1.165, 1.54) is 36.3 Å². The molecule has 1 aromatic heterocycles. The molecular formula is C14H21N3S2. The molecule has 0 aromatic carbocycles. The molecule has 1 atom stereocenters. The van der Waals surface area contributed by atoms with Gasteiger partial charge in [0.05, 0.1) is 21.6 Å². The Hall–Kier alpha value is -0.550. The van der Waals surface area contributed by atoms with E-state index in [9.17, 15) is 0 Å². The predicted octanol–water partition coefficient (Wildman–Crippen LogP) is 3.83. The monoisotopic (exact) mass is 295 g/mol. The normalized spacial score (nSPS) is 25.1. The maximum Gasteiger partial charge on any atom is 0.157 e. The summed E-state index contributed by atoms with van der Waals surface area (Å²) in [6.45, 7) is 6.33. The summed E-state index contributed by atoms with van der Waals surface area (Å²) in [6.07, 6.45) is 5.35. The van der Waals surface area contributed by atoms with Gasteiger partial charge in [0.25, 0.3) is 0 Å². The number of hydrogen-bond donors (Lipinski definition) is 1. The van der Waals surface area contributed by atoms with Crippen LogP contribution in [-0.2, 0) is 0 Å². The molecule has 0 bridgehead atoms. The van der Waals surface area contributed by atoms with Crippen LogP contribution < -0.4 is 5.32 Å². The summed E-state index contributed by atoms with van der Waals surface area (Å²) in [5.41, 5.74) is 1.50. The van der Waals surface area contributed by atoms with Gasteiger partial charge >= 0.3 is 0 Å². The van der Waals surface area contributed by atoms with E-state index in [-0.39, 0.29) is 6.04 Å². The Balaban J connectivity index is 1.74. The Morgan fingerprint density at radius 3 is 2.68 bits per heavy atom. The van der Waals surface area contributed by atoms with Crippen molar-refractivity contribution in [3.05, 3.63) is 15.6 Å². The summed E-state index contributed by atoms with van der Waals surface area (Å²) < 4.78 is 0. The fourth-order valence-corrected chi connectivity index (χ4v) is 5.28. The van der Waals surface area contributed by atoms with Crippen LogP contribution >= 0.6 is 23.1 Å². The lowest BCUT2D eigenvalue weighted by molar-refractivity contribution is 0.452. The lowest BCUT2D eigenvalue weighted by Gasteiger charge is -2.22. The summed E-state index contributed by atoms with van der Waals surface area (Å²) in [4.78, 5) is 10.7. The van der Waals surface area contributed by atoms with Crippen molar-refractivity contribution >= 4 is 28.3 Å². The minimum Gasteiger partial charge on any atom is -0.359 e. The zero-order valence-electron chi connectivity index (χ0n) is 11.8. The summed E-state index contributed by atoms with van der Waals surface area (Å²) in [5, 5.41) is 5.97. The average molecular weight is 295 g/mol. The Labute approximate surface area is 123 Å². The maximum absolute atomic E-state index is 4.88. The highest BCUT2D eigenvalue weighted by molar-refractivity contribution is 8.14. The van der Waals surface area contributed by atoms with Gasteiger partial charge in [0, 0.05) is 11.3 Å². The van der Waals surface area contributed by atoms with Gasteiger partial charge in [-0.25, -0.2) is 4.98 Å². The predicted molar refractivity (Wildman–Crippen MR) is 84.2 cm³/mol. The van der Waals surface area contributed by atoms with Crippen LogP contribution in [0, 0.1) is 13.8 Å². The molecule has 2 heterocycles. The van der Waals surface area contributed by atoms with Crippen molar-refractivity contribution in [2.24, 2.45) is 4.99 Å². The molecule has 1 saturated heterocycles. The van der Waals surface area contributed by atoms with E-state index in [1.807, 2.05) is 11.8 Å². The van der Waals surface area contributed by atoms with Crippen molar-refractivity contribution in [1.29, 1.82) is 0 Å². The van der Waals surface area contributed by atoms with Crippen molar-refractivity contribution in [2.75, 3.05) is 5.75 Å². The van der Waals surface area contributed by atoms with Crippen LogP contribution in [0.2, 0.25) is 0 Å². The van der Waals surface area contributed by atoms with Crippen molar-refractivity contribution in [2.45, 2.75) is 58.0 Å². The largest absolute Gasteiger partial charge is 0.359 e. The lowest BCUT2D eigenvalue weighted by atomic mass is 10.0. The third kappa shape index (κ3) is 2.68. The van der Waals surface area contributed by atoms with Gasteiger partial charge in [-0.15, -0.1) is 11.3 Å². The van der Waals surface area contributed by atoms with Crippen molar-refractivity contribution in [1.82, 2.24) is 10.3 Å². The van der Waals surface area contributed by atoms with E-state index < -0.39 is 0 Å². The van der Waals surface area contributed by atoms with Crippen LogP contribution in [0.15, 0.2) is 4.99 Å². The van der Waals surface area contributed by atoms with Gasteiger partial charge in [0.15, 0.2) is 5.17 Å². The molecular weight excluding hydrogens is 274 g/mol. The molecule has 1 spiro atoms. The quantitative estimate of drug-likeness (QED) is 0.901. The van der Waals surface area contributed by atoms with E-state index in [2.05, 4.69) is 31.1 Å². The molecule has 1 aromatic rings. The summed E-state index contributed by atoms with van der Waals surface area (Å²) in [6, 6.07) is 0.220. The average Bonchev–Trinajstić information content (AvgIpc) is 3.04. The Morgan fingerprint density at radius 1 is 1.32 bits per heavy atom. The van der Waals surface area contributed by atoms with Gasteiger partial charge in [-0.3, -0.25) is 4.99 Å². The Bertz CT molecular complexity index is 501. The number of hydrogen-bond acceptors (Lipinski definition) is 4. The second-order valence-corrected chi connectivity index (χ2v) is 7.89. The minimum atomic E-state index is 0.220. The molecule has 3 rings (SSSR count). The third-order valence-electron chi connectivity index (χ3n) is 4.05. The Morgan fingerprint density at radius 2 is 2.05 bits per heavy atom. The zero-order valence-corrected chi connectivity index (χ0v) is 13.5. The minimum absolute atomic E-state index is 0.220.